The van der Waals surface area contributed by atoms with Crippen LogP contribution in [0.1, 0.15) is 75.7 Å². The highest BCUT2D eigenvalue weighted by Crippen LogP contribution is 2.34. The third kappa shape index (κ3) is 5.66. The van der Waals surface area contributed by atoms with E-state index in [2.05, 4.69) is 15.6 Å². The number of hydrogen-bond donors (Lipinski definition) is 2. The molecule has 7 nitrogen and oxygen atoms in total. The number of carbonyl (C=O) groups excluding carboxylic acids is 2. The van der Waals surface area contributed by atoms with Crippen LogP contribution in [0.15, 0.2) is 48.7 Å². The smallest absolute Gasteiger partial charge is 0.373 e. The van der Waals surface area contributed by atoms with Crippen LogP contribution in [0.2, 0.25) is 0 Å². The SMILES string of the molecule is CC[C@@H](NC(=O)c1cc(C(=O)N[C@H](C)c2ccc(F)cc2)n2c1COCC2)c1cccnc1C(F)(F)F. The number of halogens is 4. The van der Waals surface area contributed by atoms with Crippen molar-refractivity contribution in [3.8, 4) is 0 Å². The Balaban J connectivity index is 1.60. The van der Waals surface area contributed by atoms with Gasteiger partial charge in [0.15, 0.2) is 0 Å². The average Bonchev–Trinajstić information content (AvgIpc) is 3.27. The third-order valence-corrected chi connectivity index (χ3v) is 6.30. The lowest BCUT2D eigenvalue weighted by Crippen LogP contribution is -2.31. The first kappa shape index (κ1) is 26.3. The Hall–Kier alpha value is -3.73. The summed E-state index contributed by atoms with van der Waals surface area (Å²) >= 11 is 0. The van der Waals surface area contributed by atoms with Gasteiger partial charge in [-0.05, 0) is 43.2 Å². The zero-order valence-electron chi connectivity index (χ0n) is 20.2. The summed E-state index contributed by atoms with van der Waals surface area (Å²) in [5.41, 5.74) is 0.336. The van der Waals surface area contributed by atoms with Gasteiger partial charge in [-0.1, -0.05) is 25.1 Å². The number of benzene rings is 1. The van der Waals surface area contributed by atoms with Crippen molar-refractivity contribution in [2.75, 3.05) is 6.61 Å². The lowest BCUT2D eigenvalue weighted by Gasteiger charge is -2.22. The van der Waals surface area contributed by atoms with E-state index in [0.29, 0.717) is 24.4 Å². The highest BCUT2D eigenvalue weighted by atomic mass is 19.4. The van der Waals surface area contributed by atoms with E-state index in [1.54, 1.807) is 30.5 Å². The van der Waals surface area contributed by atoms with Gasteiger partial charge in [-0.3, -0.25) is 14.6 Å². The first-order chi connectivity index (χ1) is 17.6. The van der Waals surface area contributed by atoms with E-state index < -0.39 is 41.6 Å². The molecular formula is C26H26F4N4O3. The van der Waals surface area contributed by atoms with E-state index in [4.69, 9.17) is 4.74 Å². The van der Waals surface area contributed by atoms with Crippen molar-refractivity contribution >= 4 is 11.8 Å². The second-order valence-corrected chi connectivity index (χ2v) is 8.71. The first-order valence-electron chi connectivity index (χ1n) is 11.8. The Bertz CT molecular complexity index is 1290. The molecule has 3 heterocycles. The Labute approximate surface area is 210 Å². The molecule has 0 aliphatic carbocycles. The highest BCUT2D eigenvalue weighted by Gasteiger charge is 2.37. The molecule has 0 saturated carbocycles. The molecule has 2 aromatic heterocycles. The maximum absolute atomic E-state index is 13.5. The van der Waals surface area contributed by atoms with Crippen LogP contribution in [0.5, 0.6) is 0 Å². The largest absolute Gasteiger partial charge is 0.433 e. The Morgan fingerprint density at radius 2 is 1.86 bits per heavy atom. The van der Waals surface area contributed by atoms with E-state index in [1.165, 1.54) is 30.3 Å². The van der Waals surface area contributed by atoms with Crippen LogP contribution in [0.3, 0.4) is 0 Å². The second kappa shape index (κ2) is 10.7. The maximum Gasteiger partial charge on any atom is 0.433 e. The topological polar surface area (TPSA) is 85.2 Å². The third-order valence-electron chi connectivity index (χ3n) is 6.30. The maximum atomic E-state index is 13.5. The summed E-state index contributed by atoms with van der Waals surface area (Å²) in [5, 5.41) is 5.52. The zero-order chi connectivity index (χ0) is 26.7. The first-order valence-corrected chi connectivity index (χ1v) is 11.8. The summed E-state index contributed by atoms with van der Waals surface area (Å²) < 4.78 is 61.0. The molecule has 11 heteroatoms. The van der Waals surface area contributed by atoms with Crippen molar-refractivity contribution in [2.24, 2.45) is 0 Å². The molecule has 0 saturated heterocycles. The number of nitrogens with one attached hydrogen (secondary N) is 2. The molecule has 2 N–H and O–H groups in total. The summed E-state index contributed by atoms with van der Waals surface area (Å²) in [7, 11) is 0. The number of amides is 2. The van der Waals surface area contributed by atoms with Crippen LogP contribution >= 0.6 is 0 Å². The number of alkyl halides is 3. The van der Waals surface area contributed by atoms with Crippen molar-refractivity contribution in [3.63, 3.8) is 0 Å². The number of pyridine rings is 1. The molecule has 2 atom stereocenters. The van der Waals surface area contributed by atoms with Crippen molar-refractivity contribution < 1.29 is 31.9 Å². The summed E-state index contributed by atoms with van der Waals surface area (Å²) in [6.45, 7) is 4.14. The van der Waals surface area contributed by atoms with Crippen molar-refractivity contribution in [1.82, 2.24) is 20.2 Å². The van der Waals surface area contributed by atoms with Gasteiger partial charge < -0.3 is 19.9 Å². The van der Waals surface area contributed by atoms with E-state index in [-0.39, 0.29) is 29.8 Å². The van der Waals surface area contributed by atoms with Crippen molar-refractivity contribution in [3.05, 3.63) is 88.3 Å². The number of aromatic nitrogens is 2. The van der Waals surface area contributed by atoms with Gasteiger partial charge in [0.25, 0.3) is 11.8 Å². The van der Waals surface area contributed by atoms with Gasteiger partial charge in [-0.25, -0.2) is 4.39 Å². The molecule has 0 fully saturated rings. The molecule has 3 aromatic rings. The van der Waals surface area contributed by atoms with Gasteiger partial charge in [0.05, 0.1) is 36.6 Å². The van der Waals surface area contributed by atoms with Crippen LogP contribution in [-0.4, -0.2) is 28.0 Å². The van der Waals surface area contributed by atoms with Crippen LogP contribution in [0, 0.1) is 5.82 Å². The predicted molar refractivity (Wildman–Crippen MR) is 126 cm³/mol. The minimum Gasteiger partial charge on any atom is -0.373 e. The zero-order valence-corrected chi connectivity index (χ0v) is 20.2. The van der Waals surface area contributed by atoms with Crippen LogP contribution in [-0.2, 0) is 24.1 Å². The lowest BCUT2D eigenvalue weighted by atomic mass is 10.0. The fourth-order valence-corrected chi connectivity index (χ4v) is 4.39. The summed E-state index contributed by atoms with van der Waals surface area (Å²) in [4.78, 5) is 29.9. The average molecular weight is 519 g/mol. The number of carbonyl (C=O) groups is 2. The fraction of sp³-hybridized carbons (Fsp3) is 0.346. The summed E-state index contributed by atoms with van der Waals surface area (Å²) in [5.74, 6) is -1.46. The van der Waals surface area contributed by atoms with E-state index in [9.17, 15) is 27.2 Å². The minimum atomic E-state index is -4.68. The Morgan fingerprint density at radius 1 is 1.14 bits per heavy atom. The van der Waals surface area contributed by atoms with Crippen molar-refractivity contribution in [1.29, 1.82) is 0 Å². The monoisotopic (exact) mass is 518 g/mol. The molecule has 0 unspecified atom stereocenters. The number of fused-ring (bicyclic) bond motifs is 1. The quantitative estimate of drug-likeness (QED) is 0.434. The number of ether oxygens (including phenoxy) is 1. The van der Waals surface area contributed by atoms with Gasteiger partial charge in [0.2, 0.25) is 0 Å². The molecule has 0 spiro atoms. The van der Waals surface area contributed by atoms with Crippen LogP contribution < -0.4 is 10.6 Å². The standard InChI is InChI=1S/C26H26F4N4O3/c1-3-20(18-5-4-10-31-23(18)26(28,29)30)33-24(35)19-13-21(34-11-12-37-14-22(19)34)25(36)32-15(2)16-6-8-17(27)9-7-16/h4-10,13,15,20H,3,11-12,14H2,1-2H3,(H,32,36)(H,33,35)/t15-,20-/m1/s1. The lowest BCUT2D eigenvalue weighted by molar-refractivity contribution is -0.142. The van der Waals surface area contributed by atoms with E-state index in [1.807, 2.05) is 0 Å². The molecule has 0 radical (unpaired) electrons. The molecule has 0 bridgehead atoms. The molecule has 196 valence electrons. The molecular weight excluding hydrogens is 492 g/mol. The number of nitrogens with zero attached hydrogens (tertiary/aromatic N) is 2. The molecule has 1 aromatic carbocycles. The molecule has 4 rings (SSSR count). The van der Waals surface area contributed by atoms with Gasteiger partial charge in [0.1, 0.15) is 17.2 Å². The van der Waals surface area contributed by atoms with Gasteiger partial charge >= 0.3 is 6.18 Å². The molecule has 2 amide bonds. The Kier molecular flexibility index (Phi) is 7.63. The summed E-state index contributed by atoms with van der Waals surface area (Å²) in [6.07, 6.45) is -3.43. The number of rotatable bonds is 7. The summed E-state index contributed by atoms with van der Waals surface area (Å²) in [6, 6.07) is 8.45. The van der Waals surface area contributed by atoms with Gasteiger partial charge in [0, 0.05) is 18.3 Å². The Morgan fingerprint density at radius 3 is 2.54 bits per heavy atom. The highest BCUT2D eigenvalue weighted by molar-refractivity contribution is 6.01. The molecule has 1 aliphatic rings. The van der Waals surface area contributed by atoms with Crippen LogP contribution in [0.4, 0.5) is 17.6 Å². The van der Waals surface area contributed by atoms with Gasteiger partial charge in [-0.2, -0.15) is 13.2 Å². The number of hydrogen-bond acceptors (Lipinski definition) is 4. The van der Waals surface area contributed by atoms with E-state index in [0.717, 1.165) is 6.20 Å². The molecule has 37 heavy (non-hydrogen) atoms. The van der Waals surface area contributed by atoms with Crippen LogP contribution in [0.25, 0.3) is 0 Å². The molecule has 1 aliphatic heterocycles. The fourth-order valence-electron chi connectivity index (χ4n) is 4.39. The minimum absolute atomic E-state index is 0.0705. The van der Waals surface area contributed by atoms with E-state index >= 15 is 0 Å². The second-order valence-electron chi connectivity index (χ2n) is 8.71. The van der Waals surface area contributed by atoms with Gasteiger partial charge in [-0.15, -0.1) is 0 Å². The van der Waals surface area contributed by atoms with Crippen molar-refractivity contribution in [2.45, 2.75) is 51.7 Å². The normalized spacial score (nSPS) is 15.0. The predicted octanol–water partition coefficient (Wildman–Crippen LogP) is 4.94.